The van der Waals surface area contributed by atoms with E-state index in [1.54, 1.807) is 6.07 Å². The minimum absolute atomic E-state index is 0.125. The molecule has 0 spiro atoms. The summed E-state index contributed by atoms with van der Waals surface area (Å²) in [6.07, 6.45) is 0.827. The second-order valence-electron chi connectivity index (χ2n) is 7.83. The van der Waals surface area contributed by atoms with Gasteiger partial charge in [-0.2, -0.15) is 0 Å². The van der Waals surface area contributed by atoms with Gasteiger partial charge < -0.3 is 14.6 Å². The number of para-hydroxylation sites is 2. The Balaban J connectivity index is 1.48. The Morgan fingerprint density at radius 2 is 1.91 bits per heavy atom. The molecule has 0 fully saturated rings. The van der Waals surface area contributed by atoms with Crippen LogP contribution >= 0.6 is 15.9 Å². The van der Waals surface area contributed by atoms with E-state index in [0.29, 0.717) is 12.2 Å². The Kier molecular flexibility index (Phi) is 6.90. The maximum Gasteiger partial charge on any atom is 0.251 e. The van der Waals surface area contributed by atoms with Gasteiger partial charge in [0.25, 0.3) is 5.91 Å². The minimum Gasteiger partial charge on any atom is -0.494 e. The number of carbonyl (C=O) groups excluding carboxylic acids is 1. The van der Waals surface area contributed by atoms with Crippen LogP contribution in [-0.2, 0) is 6.54 Å². The highest BCUT2D eigenvalue weighted by Gasteiger charge is 2.19. The molecule has 32 heavy (non-hydrogen) atoms. The lowest BCUT2D eigenvalue weighted by molar-refractivity contribution is 0.0937. The number of aryl methyl sites for hydroxylation is 2. The van der Waals surface area contributed by atoms with Crippen molar-refractivity contribution in [1.82, 2.24) is 14.9 Å². The first-order valence-corrected chi connectivity index (χ1v) is 11.5. The average Bonchev–Trinajstić information content (AvgIpc) is 3.15. The largest absolute Gasteiger partial charge is 0.494 e. The molecule has 6 heteroatoms. The number of nitrogens with zero attached hydrogens (tertiary/aromatic N) is 2. The third-order valence-electron chi connectivity index (χ3n) is 5.29. The lowest BCUT2D eigenvalue weighted by Gasteiger charge is -2.17. The molecule has 164 valence electrons. The van der Waals surface area contributed by atoms with E-state index in [9.17, 15) is 4.79 Å². The fourth-order valence-corrected chi connectivity index (χ4v) is 4.15. The van der Waals surface area contributed by atoms with Crippen molar-refractivity contribution in [3.8, 4) is 5.75 Å². The van der Waals surface area contributed by atoms with Crippen molar-refractivity contribution in [2.75, 3.05) is 6.61 Å². The van der Waals surface area contributed by atoms with Crippen LogP contribution in [0.25, 0.3) is 11.0 Å². The Morgan fingerprint density at radius 1 is 1.09 bits per heavy atom. The lowest BCUT2D eigenvalue weighted by Crippen LogP contribution is -2.28. The van der Waals surface area contributed by atoms with Gasteiger partial charge >= 0.3 is 0 Å². The number of aromatic nitrogens is 2. The molecule has 0 aliphatic rings. The molecule has 1 atom stereocenters. The summed E-state index contributed by atoms with van der Waals surface area (Å²) in [5.41, 5.74) is 3.77. The van der Waals surface area contributed by atoms with E-state index >= 15 is 0 Å². The number of imidazole rings is 1. The summed E-state index contributed by atoms with van der Waals surface area (Å²) in [5.74, 6) is 1.60. The van der Waals surface area contributed by atoms with Gasteiger partial charge in [-0.3, -0.25) is 4.79 Å². The molecule has 0 saturated carbocycles. The number of nitrogens with one attached hydrogen (secondary N) is 1. The second kappa shape index (κ2) is 10.0. The summed E-state index contributed by atoms with van der Waals surface area (Å²) in [6, 6.07) is 23.3. The summed E-state index contributed by atoms with van der Waals surface area (Å²) in [6.45, 7) is 5.38. The van der Waals surface area contributed by atoms with E-state index in [2.05, 4.69) is 44.9 Å². The van der Waals surface area contributed by atoms with Gasteiger partial charge in [-0.15, -0.1) is 0 Å². The maximum absolute atomic E-state index is 12.8. The third-order valence-corrected chi connectivity index (χ3v) is 5.78. The molecule has 4 aromatic rings. The number of ether oxygens (including phenoxy) is 1. The van der Waals surface area contributed by atoms with Gasteiger partial charge in [0.1, 0.15) is 11.6 Å². The number of carbonyl (C=O) groups is 1. The molecule has 0 radical (unpaired) electrons. The summed E-state index contributed by atoms with van der Waals surface area (Å²) < 4.78 is 8.98. The zero-order valence-corrected chi connectivity index (χ0v) is 19.8. The minimum atomic E-state index is -0.244. The van der Waals surface area contributed by atoms with Crippen LogP contribution in [0.5, 0.6) is 5.75 Å². The van der Waals surface area contributed by atoms with Crippen LogP contribution in [0.1, 0.15) is 41.1 Å². The van der Waals surface area contributed by atoms with Crippen LogP contribution in [0.3, 0.4) is 0 Å². The van der Waals surface area contributed by atoms with Gasteiger partial charge in [0, 0.05) is 16.6 Å². The van der Waals surface area contributed by atoms with Crippen molar-refractivity contribution in [3.05, 3.63) is 94.2 Å². The summed E-state index contributed by atoms with van der Waals surface area (Å²) in [7, 11) is 0. The molecule has 1 amide bonds. The molecule has 5 nitrogen and oxygen atoms in total. The molecular weight excluding hydrogens is 466 g/mol. The Morgan fingerprint density at radius 3 is 2.72 bits per heavy atom. The van der Waals surface area contributed by atoms with Crippen LogP contribution in [0, 0.1) is 6.92 Å². The van der Waals surface area contributed by atoms with Gasteiger partial charge in [-0.1, -0.05) is 46.3 Å². The maximum atomic E-state index is 12.8. The number of halogens is 1. The van der Waals surface area contributed by atoms with Crippen molar-refractivity contribution < 1.29 is 9.53 Å². The number of benzene rings is 3. The van der Waals surface area contributed by atoms with Crippen molar-refractivity contribution >= 4 is 32.9 Å². The topological polar surface area (TPSA) is 56.1 Å². The second-order valence-corrected chi connectivity index (χ2v) is 8.75. The predicted molar refractivity (Wildman–Crippen MR) is 131 cm³/mol. The monoisotopic (exact) mass is 491 g/mol. The molecule has 1 heterocycles. The molecule has 1 unspecified atom stereocenters. The average molecular weight is 492 g/mol. The number of hydrogen-bond acceptors (Lipinski definition) is 3. The Bertz CT molecular complexity index is 1230. The summed E-state index contributed by atoms with van der Waals surface area (Å²) in [4.78, 5) is 17.6. The molecule has 4 rings (SSSR count). The van der Waals surface area contributed by atoms with Gasteiger partial charge in [0.05, 0.1) is 23.7 Å². The molecule has 3 aromatic carbocycles. The molecule has 0 aliphatic heterocycles. The van der Waals surface area contributed by atoms with Crippen molar-refractivity contribution in [2.45, 2.75) is 32.9 Å². The van der Waals surface area contributed by atoms with Crippen LogP contribution in [0.15, 0.2) is 77.3 Å². The quantitative estimate of drug-likeness (QED) is 0.304. The highest BCUT2D eigenvalue weighted by molar-refractivity contribution is 9.10. The fourth-order valence-electron chi connectivity index (χ4n) is 3.75. The van der Waals surface area contributed by atoms with Gasteiger partial charge in [0.2, 0.25) is 0 Å². The van der Waals surface area contributed by atoms with Crippen LogP contribution in [-0.4, -0.2) is 22.1 Å². The zero-order valence-electron chi connectivity index (χ0n) is 18.2. The first-order valence-electron chi connectivity index (χ1n) is 10.7. The van der Waals surface area contributed by atoms with Gasteiger partial charge in [-0.25, -0.2) is 4.98 Å². The van der Waals surface area contributed by atoms with Gasteiger partial charge in [-0.05, 0) is 68.3 Å². The number of fused-ring (bicyclic) bond motifs is 1. The summed E-state index contributed by atoms with van der Waals surface area (Å²) in [5, 5.41) is 3.09. The normalized spacial score (nSPS) is 12.0. The summed E-state index contributed by atoms with van der Waals surface area (Å²) >= 11 is 3.42. The molecule has 1 N–H and O–H groups in total. The highest BCUT2D eigenvalue weighted by Crippen LogP contribution is 2.22. The molecule has 0 bridgehead atoms. The molecular formula is C26H26BrN3O2. The Hall–Kier alpha value is -3.12. The zero-order chi connectivity index (χ0) is 22.5. The molecule has 1 aromatic heterocycles. The predicted octanol–water partition coefficient (Wildman–Crippen LogP) is 6.07. The van der Waals surface area contributed by atoms with E-state index in [1.807, 2.05) is 61.5 Å². The molecule has 0 saturated heterocycles. The van der Waals surface area contributed by atoms with E-state index < -0.39 is 0 Å². The fraction of sp³-hybridized carbons (Fsp3) is 0.231. The van der Waals surface area contributed by atoms with Crippen molar-refractivity contribution in [3.63, 3.8) is 0 Å². The SMILES string of the molecule is Cc1cccc(OCCCn2c(C(C)NC(=O)c3cccc(Br)c3)nc3ccccc32)c1. The van der Waals surface area contributed by atoms with E-state index in [-0.39, 0.29) is 11.9 Å². The van der Waals surface area contributed by atoms with Crippen molar-refractivity contribution in [1.29, 1.82) is 0 Å². The van der Waals surface area contributed by atoms with E-state index in [1.165, 1.54) is 5.56 Å². The number of amides is 1. The highest BCUT2D eigenvalue weighted by atomic mass is 79.9. The van der Waals surface area contributed by atoms with Crippen LogP contribution < -0.4 is 10.1 Å². The van der Waals surface area contributed by atoms with Crippen LogP contribution in [0.4, 0.5) is 0 Å². The smallest absolute Gasteiger partial charge is 0.251 e. The number of rotatable bonds is 8. The molecule has 0 aliphatic carbocycles. The van der Waals surface area contributed by atoms with Crippen LogP contribution in [0.2, 0.25) is 0 Å². The third kappa shape index (κ3) is 5.19. The standard InChI is InChI=1S/C26H26BrN3O2/c1-18-8-5-11-22(16-18)32-15-7-14-30-24-13-4-3-12-23(24)29-25(30)19(2)28-26(31)20-9-6-10-21(27)17-20/h3-6,8-13,16-17,19H,7,14-15H2,1-2H3,(H,28,31). The van der Waals surface area contributed by atoms with Crippen molar-refractivity contribution in [2.24, 2.45) is 0 Å². The Labute approximate surface area is 196 Å². The number of hydrogen-bond donors (Lipinski definition) is 1. The van der Waals surface area contributed by atoms with E-state index in [0.717, 1.165) is 40.0 Å². The lowest BCUT2D eigenvalue weighted by atomic mass is 10.2. The van der Waals surface area contributed by atoms with Gasteiger partial charge in [0.15, 0.2) is 0 Å². The van der Waals surface area contributed by atoms with E-state index in [4.69, 9.17) is 9.72 Å². The first-order chi connectivity index (χ1) is 15.5. The first kappa shape index (κ1) is 22.1.